The predicted molar refractivity (Wildman–Crippen MR) is 79.2 cm³/mol. The maximum absolute atomic E-state index is 12.2. The molecule has 20 heavy (non-hydrogen) atoms. The van der Waals surface area contributed by atoms with E-state index in [-0.39, 0.29) is 5.91 Å². The van der Waals surface area contributed by atoms with Crippen LogP contribution >= 0.6 is 11.3 Å². The highest BCUT2D eigenvalue weighted by Gasteiger charge is 2.23. The molecule has 3 heterocycles. The fourth-order valence-electron chi connectivity index (χ4n) is 2.26. The van der Waals surface area contributed by atoms with Crippen LogP contribution in [0.5, 0.6) is 0 Å². The SMILES string of the molecule is Cc1ccc(N2CCN(C(=O)c3cccs3)CC2)nn1. The Balaban J connectivity index is 1.62. The maximum Gasteiger partial charge on any atom is 0.264 e. The second-order valence-corrected chi connectivity index (χ2v) is 5.74. The van der Waals surface area contributed by atoms with Gasteiger partial charge in [-0.2, -0.15) is 5.10 Å². The van der Waals surface area contributed by atoms with Crippen LogP contribution in [-0.4, -0.2) is 47.2 Å². The van der Waals surface area contributed by atoms with Gasteiger partial charge in [-0.05, 0) is 30.5 Å². The lowest BCUT2D eigenvalue weighted by Crippen LogP contribution is -2.49. The van der Waals surface area contributed by atoms with Crippen molar-refractivity contribution >= 4 is 23.1 Å². The normalized spacial score (nSPS) is 15.4. The summed E-state index contributed by atoms with van der Waals surface area (Å²) in [7, 11) is 0. The number of piperazine rings is 1. The van der Waals surface area contributed by atoms with Crippen LogP contribution in [-0.2, 0) is 0 Å². The van der Waals surface area contributed by atoms with Crippen LogP contribution in [0.3, 0.4) is 0 Å². The Bertz CT molecular complexity index is 574. The third kappa shape index (κ3) is 2.65. The topological polar surface area (TPSA) is 49.3 Å². The zero-order valence-corrected chi connectivity index (χ0v) is 12.1. The van der Waals surface area contributed by atoms with Gasteiger partial charge in [0, 0.05) is 26.2 Å². The van der Waals surface area contributed by atoms with Gasteiger partial charge in [0.25, 0.3) is 5.91 Å². The van der Waals surface area contributed by atoms with Gasteiger partial charge in [-0.25, -0.2) is 0 Å². The number of aromatic nitrogens is 2. The molecule has 0 saturated carbocycles. The summed E-state index contributed by atoms with van der Waals surface area (Å²) >= 11 is 1.50. The van der Waals surface area contributed by atoms with Crippen LogP contribution < -0.4 is 4.90 Å². The summed E-state index contributed by atoms with van der Waals surface area (Å²) in [4.78, 5) is 17.1. The predicted octanol–water partition coefficient (Wildman–Crippen LogP) is 1.81. The molecule has 104 valence electrons. The summed E-state index contributed by atoms with van der Waals surface area (Å²) in [5, 5.41) is 10.2. The molecule has 5 nitrogen and oxygen atoms in total. The summed E-state index contributed by atoms with van der Waals surface area (Å²) in [6, 6.07) is 7.74. The van der Waals surface area contributed by atoms with Crippen molar-refractivity contribution in [2.24, 2.45) is 0 Å². The lowest BCUT2D eigenvalue weighted by atomic mass is 10.3. The van der Waals surface area contributed by atoms with Gasteiger partial charge in [0.2, 0.25) is 0 Å². The molecule has 1 amide bonds. The number of anilines is 1. The second kappa shape index (κ2) is 5.58. The number of thiophene rings is 1. The molecular weight excluding hydrogens is 272 g/mol. The van der Waals surface area contributed by atoms with E-state index in [1.54, 1.807) is 0 Å². The number of carbonyl (C=O) groups excluding carboxylic acids is 1. The number of hydrogen-bond donors (Lipinski definition) is 0. The molecule has 3 rings (SSSR count). The van der Waals surface area contributed by atoms with E-state index in [1.165, 1.54) is 11.3 Å². The van der Waals surface area contributed by atoms with Crippen LogP contribution in [0, 0.1) is 6.92 Å². The summed E-state index contributed by atoms with van der Waals surface area (Å²) in [6.07, 6.45) is 0. The number of nitrogens with zero attached hydrogens (tertiary/aromatic N) is 4. The molecular formula is C14H16N4OS. The van der Waals surface area contributed by atoms with Crippen molar-refractivity contribution in [3.05, 3.63) is 40.2 Å². The van der Waals surface area contributed by atoms with Gasteiger partial charge in [0.15, 0.2) is 5.82 Å². The number of carbonyl (C=O) groups is 1. The number of amides is 1. The Morgan fingerprint density at radius 3 is 2.55 bits per heavy atom. The van der Waals surface area contributed by atoms with Gasteiger partial charge < -0.3 is 9.80 Å². The highest BCUT2D eigenvalue weighted by Crippen LogP contribution is 2.16. The zero-order valence-electron chi connectivity index (χ0n) is 11.3. The van der Waals surface area contributed by atoms with E-state index in [0.29, 0.717) is 0 Å². The standard InChI is InChI=1S/C14H16N4OS/c1-11-4-5-13(16-15-11)17-6-8-18(9-7-17)14(19)12-3-2-10-20-12/h2-5,10H,6-9H2,1H3. The number of rotatable bonds is 2. The van der Waals surface area contributed by atoms with E-state index in [2.05, 4.69) is 15.1 Å². The first kappa shape index (κ1) is 13.1. The van der Waals surface area contributed by atoms with Crippen molar-refractivity contribution < 1.29 is 4.79 Å². The van der Waals surface area contributed by atoms with E-state index >= 15 is 0 Å². The molecule has 1 aliphatic heterocycles. The van der Waals surface area contributed by atoms with Crippen molar-refractivity contribution in [2.45, 2.75) is 6.92 Å². The van der Waals surface area contributed by atoms with Crippen molar-refractivity contribution in [3.63, 3.8) is 0 Å². The second-order valence-electron chi connectivity index (χ2n) is 4.79. The van der Waals surface area contributed by atoms with Crippen LogP contribution in [0.2, 0.25) is 0 Å². The zero-order chi connectivity index (χ0) is 13.9. The number of aryl methyl sites for hydroxylation is 1. The Kier molecular flexibility index (Phi) is 3.64. The Labute approximate surface area is 121 Å². The maximum atomic E-state index is 12.2. The van der Waals surface area contributed by atoms with Gasteiger partial charge >= 0.3 is 0 Å². The first-order valence-corrected chi connectivity index (χ1v) is 7.50. The van der Waals surface area contributed by atoms with Gasteiger partial charge in [-0.3, -0.25) is 4.79 Å². The highest BCUT2D eigenvalue weighted by atomic mass is 32.1. The fourth-order valence-corrected chi connectivity index (χ4v) is 2.95. The van der Waals surface area contributed by atoms with Crippen LogP contribution in [0.25, 0.3) is 0 Å². The molecule has 0 atom stereocenters. The van der Waals surface area contributed by atoms with E-state index in [9.17, 15) is 4.79 Å². The molecule has 0 bridgehead atoms. The van der Waals surface area contributed by atoms with Crippen molar-refractivity contribution in [2.75, 3.05) is 31.1 Å². The van der Waals surface area contributed by atoms with E-state index in [1.807, 2.05) is 41.5 Å². The van der Waals surface area contributed by atoms with Gasteiger partial charge in [0.1, 0.15) is 0 Å². The van der Waals surface area contributed by atoms with E-state index < -0.39 is 0 Å². The minimum Gasteiger partial charge on any atom is -0.352 e. The Morgan fingerprint density at radius 2 is 1.95 bits per heavy atom. The molecule has 0 N–H and O–H groups in total. The first-order chi connectivity index (χ1) is 9.74. The summed E-state index contributed by atoms with van der Waals surface area (Å²) in [5.74, 6) is 1.02. The molecule has 1 saturated heterocycles. The van der Waals surface area contributed by atoms with Crippen LogP contribution in [0.1, 0.15) is 15.4 Å². The third-order valence-electron chi connectivity index (χ3n) is 3.41. The monoisotopic (exact) mass is 288 g/mol. The first-order valence-electron chi connectivity index (χ1n) is 6.62. The van der Waals surface area contributed by atoms with Crippen molar-refractivity contribution in [1.82, 2.24) is 15.1 Å². The molecule has 1 aliphatic rings. The molecule has 0 aromatic carbocycles. The highest BCUT2D eigenvalue weighted by molar-refractivity contribution is 7.12. The Morgan fingerprint density at radius 1 is 1.15 bits per heavy atom. The molecule has 0 radical (unpaired) electrons. The molecule has 0 spiro atoms. The Hall–Kier alpha value is -1.95. The minimum absolute atomic E-state index is 0.134. The molecule has 0 aliphatic carbocycles. The molecule has 1 fully saturated rings. The average molecular weight is 288 g/mol. The minimum atomic E-state index is 0.134. The van der Waals surface area contributed by atoms with E-state index in [4.69, 9.17) is 0 Å². The molecule has 2 aromatic heterocycles. The quantitative estimate of drug-likeness (QED) is 0.845. The van der Waals surface area contributed by atoms with E-state index in [0.717, 1.165) is 42.6 Å². The van der Waals surface area contributed by atoms with Crippen LogP contribution in [0.15, 0.2) is 29.6 Å². The fraction of sp³-hybridized carbons (Fsp3) is 0.357. The largest absolute Gasteiger partial charge is 0.352 e. The molecule has 0 unspecified atom stereocenters. The summed E-state index contributed by atoms with van der Waals surface area (Å²) in [5.41, 5.74) is 0.917. The van der Waals surface area contributed by atoms with Gasteiger partial charge in [-0.1, -0.05) is 6.07 Å². The molecule has 6 heteroatoms. The molecule has 2 aromatic rings. The van der Waals surface area contributed by atoms with Crippen molar-refractivity contribution in [1.29, 1.82) is 0 Å². The average Bonchev–Trinajstić information content (AvgIpc) is 3.02. The van der Waals surface area contributed by atoms with Crippen molar-refractivity contribution in [3.8, 4) is 0 Å². The summed E-state index contributed by atoms with van der Waals surface area (Å²) in [6.45, 7) is 4.98. The third-order valence-corrected chi connectivity index (χ3v) is 4.26. The van der Waals surface area contributed by atoms with Gasteiger partial charge in [-0.15, -0.1) is 16.4 Å². The van der Waals surface area contributed by atoms with Crippen LogP contribution in [0.4, 0.5) is 5.82 Å². The summed E-state index contributed by atoms with van der Waals surface area (Å²) < 4.78 is 0. The lowest BCUT2D eigenvalue weighted by molar-refractivity contribution is 0.0751. The smallest absolute Gasteiger partial charge is 0.264 e. The lowest BCUT2D eigenvalue weighted by Gasteiger charge is -2.34. The van der Waals surface area contributed by atoms with Gasteiger partial charge in [0.05, 0.1) is 10.6 Å². The number of hydrogen-bond acceptors (Lipinski definition) is 5.